The van der Waals surface area contributed by atoms with Gasteiger partial charge in [-0.3, -0.25) is 0 Å². The van der Waals surface area contributed by atoms with Gasteiger partial charge in [0.05, 0.1) is 43.4 Å². The fourth-order valence-electron chi connectivity index (χ4n) is 3.21. The van der Waals surface area contributed by atoms with Crippen molar-refractivity contribution in [2.45, 2.75) is 5.92 Å². The van der Waals surface area contributed by atoms with Crippen LogP contribution in [0.1, 0.15) is 11.5 Å². The standard InChI is InChI=1S/C22H19ClFNO5/c1-28-19-9-4-13(10-18(19)23)20-16(21(26)29-2)11-25(12-17(20)22(27)30-3)15-7-5-14(24)6-8-15/h4-12,20H,1-3H3. The fraction of sp³-hybridized carbons (Fsp3) is 0.182. The molecule has 2 aromatic rings. The molecule has 1 aliphatic rings. The first kappa shape index (κ1) is 21.4. The SMILES string of the molecule is COC(=O)C1=CN(c2ccc(F)cc2)C=C(C(=O)OC)C1c1ccc(OC)c(Cl)c1. The topological polar surface area (TPSA) is 65.1 Å². The Morgan fingerprint density at radius 1 is 0.933 bits per heavy atom. The third-order valence-corrected chi connectivity index (χ3v) is 4.95. The van der Waals surface area contributed by atoms with E-state index in [2.05, 4.69) is 0 Å². The number of nitrogens with zero attached hydrogens (tertiary/aromatic N) is 1. The number of methoxy groups -OCH3 is 3. The van der Waals surface area contributed by atoms with Crippen molar-refractivity contribution in [2.24, 2.45) is 0 Å². The summed E-state index contributed by atoms with van der Waals surface area (Å²) in [4.78, 5) is 26.8. The van der Waals surface area contributed by atoms with Gasteiger partial charge in [-0.1, -0.05) is 17.7 Å². The Morgan fingerprint density at radius 2 is 1.50 bits per heavy atom. The molecule has 6 nitrogen and oxygen atoms in total. The molecule has 0 saturated heterocycles. The predicted molar refractivity (Wildman–Crippen MR) is 110 cm³/mol. The molecule has 8 heteroatoms. The Labute approximate surface area is 178 Å². The number of benzene rings is 2. The predicted octanol–water partition coefficient (Wildman–Crippen LogP) is 4.21. The lowest BCUT2D eigenvalue weighted by molar-refractivity contribution is -0.137. The van der Waals surface area contributed by atoms with E-state index >= 15 is 0 Å². The van der Waals surface area contributed by atoms with E-state index < -0.39 is 23.7 Å². The maximum Gasteiger partial charge on any atom is 0.336 e. The van der Waals surface area contributed by atoms with Crippen LogP contribution < -0.4 is 9.64 Å². The molecule has 0 aliphatic carbocycles. The highest BCUT2D eigenvalue weighted by molar-refractivity contribution is 6.32. The zero-order valence-corrected chi connectivity index (χ0v) is 17.3. The van der Waals surface area contributed by atoms with Gasteiger partial charge < -0.3 is 19.1 Å². The first-order valence-electron chi connectivity index (χ1n) is 8.87. The summed E-state index contributed by atoms with van der Waals surface area (Å²) < 4.78 is 28.4. The summed E-state index contributed by atoms with van der Waals surface area (Å²) in [6.07, 6.45) is 3.07. The summed E-state index contributed by atoms with van der Waals surface area (Å²) in [6, 6.07) is 10.6. The minimum Gasteiger partial charge on any atom is -0.495 e. The zero-order chi connectivity index (χ0) is 21.8. The number of carbonyl (C=O) groups is 2. The van der Waals surface area contributed by atoms with E-state index in [0.29, 0.717) is 22.0 Å². The van der Waals surface area contributed by atoms with Crippen molar-refractivity contribution in [2.75, 3.05) is 26.2 Å². The summed E-state index contributed by atoms with van der Waals surface area (Å²) in [5.74, 6) is -2.00. The Bertz CT molecular complexity index is 998. The number of hydrogen-bond acceptors (Lipinski definition) is 6. The molecule has 156 valence electrons. The molecule has 0 spiro atoms. The van der Waals surface area contributed by atoms with Gasteiger partial charge in [-0.05, 0) is 42.0 Å². The summed E-state index contributed by atoms with van der Waals surface area (Å²) in [5.41, 5.74) is 1.50. The molecular weight excluding hydrogens is 413 g/mol. The monoisotopic (exact) mass is 431 g/mol. The maximum absolute atomic E-state index is 13.3. The lowest BCUT2D eigenvalue weighted by Crippen LogP contribution is -2.28. The van der Waals surface area contributed by atoms with Crippen molar-refractivity contribution in [1.29, 1.82) is 0 Å². The fourth-order valence-corrected chi connectivity index (χ4v) is 3.48. The van der Waals surface area contributed by atoms with Crippen molar-refractivity contribution < 1.29 is 28.2 Å². The molecule has 30 heavy (non-hydrogen) atoms. The van der Waals surface area contributed by atoms with Gasteiger partial charge in [-0.25, -0.2) is 14.0 Å². The molecule has 0 atom stereocenters. The number of ether oxygens (including phenoxy) is 3. The highest BCUT2D eigenvalue weighted by Gasteiger charge is 2.35. The minimum absolute atomic E-state index is 0.186. The molecule has 1 aliphatic heterocycles. The number of carbonyl (C=O) groups excluding carboxylic acids is 2. The van der Waals surface area contributed by atoms with Crippen molar-refractivity contribution in [3.8, 4) is 5.75 Å². The van der Waals surface area contributed by atoms with Crippen LogP contribution in [-0.4, -0.2) is 33.3 Å². The van der Waals surface area contributed by atoms with Crippen LogP contribution in [0.3, 0.4) is 0 Å². The molecule has 0 bridgehead atoms. The molecule has 0 radical (unpaired) electrons. The molecule has 1 heterocycles. The van der Waals surface area contributed by atoms with Crippen LogP contribution in [-0.2, 0) is 19.1 Å². The first-order valence-corrected chi connectivity index (χ1v) is 9.24. The smallest absolute Gasteiger partial charge is 0.336 e. The Hall–Kier alpha value is -3.32. The molecule has 2 aromatic carbocycles. The number of rotatable bonds is 5. The van der Waals surface area contributed by atoms with Crippen LogP contribution in [0, 0.1) is 5.82 Å². The van der Waals surface area contributed by atoms with E-state index in [4.69, 9.17) is 25.8 Å². The van der Waals surface area contributed by atoms with Gasteiger partial charge >= 0.3 is 11.9 Å². The minimum atomic E-state index is -0.787. The van der Waals surface area contributed by atoms with Crippen molar-refractivity contribution >= 4 is 29.2 Å². The van der Waals surface area contributed by atoms with Crippen LogP contribution >= 0.6 is 11.6 Å². The normalized spacial score (nSPS) is 14.0. The molecular formula is C22H19ClFNO5. The van der Waals surface area contributed by atoms with E-state index in [9.17, 15) is 14.0 Å². The van der Waals surface area contributed by atoms with Crippen LogP contribution in [0.5, 0.6) is 5.75 Å². The van der Waals surface area contributed by atoms with Gasteiger partial charge in [-0.15, -0.1) is 0 Å². The van der Waals surface area contributed by atoms with Crippen molar-refractivity contribution in [3.63, 3.8) is 0 Å². The average molecular weight is 432 g/mol. The number of hydrogen-bond donors (Lipinski definition) is 0. The summed E-state index contributed by atoms with van der Waals surface area (Å²) in [6.45, 7) is 0. The molecule has 0 saturated carbocycles. The van der Waals surface area contributed by atoms with E-state index in [1.165, 1.54) is 58.0 Å². The van der Waals surface area contributed by atoms with Gasteiger partial charge in [0.1, 0.15) is 11.6 Å². The first-order chi connectivity index (χ1) is 14.4. The molecule has 0 unspecified atom stereocenters. The second-order valence-corrected chi connectivity index (χ2v) is 6.77. The van der Waals surface area contributed by atoms with E-state index in [1.807, 2.05) is 0 Å². The molecule has 0 fully saturated rings. The van der Waals surface area contributed by atoms with Gasteiger partial charge in [0, 0.05) is 18.1 Å². The molecule has 0 amide bonds. The van der Waals surface area contributed by atoms with Gasteiger partial charge in [-0.2, -0.15) is 0 Å². The third-order valence-electron chi connectivity index (χ3n) is 4.65. The van der Waals surface area contributed by atoms with Gasteiger partial charge in [0.25, 0.3) is 0 Å². The van der Waals surface area contributed by atoms with Gasteiger partial charge in [0.15, 0.2) is 0 Å². The molecule has 0 N–H and O–H groups in total. The van der Waals surface area contributed by atoms with Crippen LogP contribution in [0.15, 0.2) is 66.0 Å². The lowest BCUT2D eigenvalue weighted by Gasteiger charge is -2.30. The number of esters is 2. The largest absolute Gasteiger partial charge is 0.495 e. The van der Waals surface area contributed by atoms with Crippen molar-refractivity contribution in [1.82, 2.24) is 0 Å². The number of anilines is 1. The van der Waals surface area contributed by atoms with E-state index in [-0.39, 0.29) is 11.1 Å². The van der Waals surface area contributed by atoms with E-state index in [0.717, 1.165) is 0 Å². The Balaban J connectivity index is 2.17. The quantitative estimate of drug-likeness (QED) is 0.661. The Kier molecular flexibility index (Phi) is 6.42. The highest BCUT2D eigenvalue weighted by Crippen LogP contribution is 2.40. The van der Waals surface area contributed by atoms with Gasteiger partial charge in [0.2, 0.25) is 0 Å². The molecule has 3 rings (SSSR count). The van der Waals surface area contributed by atoms with E-state index in [1.54, 1.807) is 23.1 Å². The third kappa shape index (κ3) is 4.16. The van der Waals surface area contributed by atoms with Crippen molar-refractivity contribution in [3.05, 3.63) is 82.4 Å². The average Bonchev–Trinajstić information content (AvgIpc) is 2.77. The highest BCUT2D eigenvalue weighted by atomic mass is 35.5. The lowest BCUT2D eigenvalue weighted by atomic mass is 9.83. The maximum atomic E-state index is 13.3. The summed E-state index contributed by atoms with van der Waals surface area (Å²) >= 11 is 6.27. The Morgan fingerprint density at radius 3 is 1.97 bits per heavy atom. The second-order valence-electron chi connectivity index (χ2n) is 6.36. The van der Waals surface area contributed by atoms with Crippen LogP contribution in [0.4, 0.5) is 10.1 Å². The number of halogens is 2. The second kappa shape index (κ2) is 9.00. The molecule has 0 aromatic heterocycles. The van der Waals surface area contributed by atoms with Crippen LogP contribution in [0.25, 0.3) is 0 Å². The summed E-state index contributed by atoms with van der Waals surface area (Å²) in [5, 5.41) is 0.324. The zero-order valence-electron chi connectivity index (χ0n) is 16.5. The van der Waals surface area contributed by atoms with Crippen LogP contribution in [0.2, 0.25) is 5.02 Å². The summed E-state index contributed by atoms with van der Waals surface area (Å²) in [7, 11) is 3.99.